The third-order valence-corrected chi connectivity index (χ3v) is 8.60. The molecule has 2 aliphatic rings. The van der Waals surface area contributed by atoms with Crippen LogP contribution in [-0.2, 0) is 28.8 Å². The summed E-state index contributed by atoms with van der Waals surface area (Å²) < 4.78 is 5.69. The average molecular weight is 650 g/mol. The van der Waals surface area contributed by atoms with Gasteiger partial charge in [-0.25, -0.2) is 9.78 Å². The van der Waals surface area contributed by atoms with Crippen LogP contribution >= 0.6 is 34.7 Å². The number of aromatic nitrogens is 1. The fraction of sp³-hybridized carbons (Fsp3) is 0.185. The van der Waals surface area contributed by atoms with Crippen molar-refractivity contribution in [3.63, 3.8) is 0 Å². The Morgan fingerprint density at radius 2 is 1.77 bits per heavy atom. The number of carbonyl (C=O) groups is 4. The first kappa shape index (κ1) is 32.5. The van der Waals surface area contributed by atoms with E-state index in [4.69, 9.17) is 26.9 Å². The van der Waals surface area contributed by atoms with Gasteiger partial charge in [0.05, 0.1) is 16.7 Å². The summed E-state index contributed by atoms with van der Waals surface area (Å²) in [4.78, 5) is 60.4. The van der Waals surface area contributed by atoms with Crippen LogP contribution in [0.4, 0.5) is 5.13 Å². The van der Waals surface area contributed by atoms with Gasteiger partial charge in [-0.15, -0.1) is 23.1 Å². The number of nitrogen functional groups attached to an aromatic ring is 1. The van der Waals surface area contributed by atoms with Crippen molar-refractivity contribution in [1.82, 2.24) is 15.2 Å². The first-order chi connectivity index (χ1) is 20.2. The molecule has 43 heavy (non-hydrogen) atoms. The van der Waals surface area contributed by atoms with Crippen molar-refractivity contribution in [2.45, 2.75) is 17.5 Å². The first-order valence-electron chi connectivity index (χ1n) is 12.3. The van der Waals surface area contributed by atoms with Crippen molar-refractivity contribution in [2.75, 3.05) is 18.1 Å². The number of hydrogen-bond acceptors (Lipinski definition) is 12. The SMILES string of the molecule is Nc1nc(C(=NOCC(=O)OC(c2ccccc2)c2ccccc2)C(=O)NC2C(=O)N3C(C(=O)[O-])=C(Cl)CS[C@H]23)cs1.[Na+]. The van der Waals surface area contributed by atoms with Crippen LogP contribution in [0.3, 0.4) is 0 Å². The fourth-order valence-electron chi connectivity index (χ4n) is 4.28. The Balaban J connectivity index is 0.00000423. The summed E-state index contributed by atoms with van der Waals surface area (Å²) in [5.41, 5.74) is 6.49. The minimum atomic E-state index is -1.59. The molecule has 1 unspecified atom stereocenters. The molecule has 2 aromatic carbocycles. The van der Waals surface area contributed by atoms with Crippen molar-refractivity contribution >= 4 is 69.3 Å². The number of rotatable bonds is 10. The number of thiazole rings is 1. The van der Waals surface area contributed by atoms with Crippen LogP contribution < -0.4 is 45.7 Å². The fourth-order valence-corrected chi connectivity index (χ4v) is 6.38. The largest absolute Gasteiger partial charge is 1.00 e. The molecule has 5 rings (SSSR count). The number of esters is 1. The minimum absolute atomic E-state index is 0. The summed E-state index contributed by atoms with van der Waals surface area (Å²) in [6, 6.07) is 17.2. The molecule has 1 fully saturated rings. The molecule has 0 saturated carbocycles. The van der Waals surface area contributed by atoms with Crippen LogP contribution in [-0.4, -0.2) is 63.1 Å². The van der Waals surface area contributed by atoms with Crippen LogP contribution in [0.15, 0.2) is 81.9 Å². The van der Waals surface area contributed by atoms with E-state index in [1.165, 1.54) is 17.1 Å². The summed E-state index contributed by atoms with van der Waals surface area (Å²) in [7, 11) is 0. The van der Waals surface area contributed by atoms with E-state index in [1.807, 2.05) is 60.7 Å². The molecule has 12 nitrogen and oxygen atoms in total. The first-order valence-corrected chi connectivity index (χ1v) is 14.6. The molecule has 216 valence electrons. The molecule has 0 aliphatic carbocycles. The summed E-state index contributed by atoms with van der Waals surface area (Å²) in [5, 5.41) is 18.7. The van der Waals surface area contributed by atoms with Gasteiger partial charge in [0, 0.05) is 11.1 Å². The summed E-state index contributed by atoms with van der Waals surface area (Å²) in [5.74, 6) is -3.77. The number of benzene rings is 2. The third kappa shape index (κ3) is 7.22. The molecule has 3 N–H and O–H groups in total. The summed E-state index contributed by atoms with van der Waals surface area (Å²) >= 11 is 8.19. The molecule has 0 radical (unpaired) electrons. The number of anilines is 1. The number of fused-ring (bicyclic) bond motifs is 1. The van der Waals surface area contributed by atoms with E-state index in [-0.39, 0.29) is 56.9 Å². The maximum absolute atomic E-state index is 13.2. The number of nitrogens with zero attached hydrogens (tertiary/aromatic N) is 3. The molecule has 2 aliphatic heterocycles. The van der Waals surface area contributed by atoms with Crippen LogP contribution in [0.2, 0.25) is 0 Å². The zero-order chi connectivity index (χ0) is 29.8. The monoisotopic (exact) mass is 649 g/mol. The Morgan fingerprint density at radius 1 is 1.14 bits per heavy atom. The molecule has 2 amide bonds. The van der Waals surface area contributed by atoms with E-state index in [0.717, 1.165) is 27.4 Å². The molecule has 3 aromatic rings. The Labute approximate surface area is 280 Å². The number of oxime groups is 1. The van der Waals surface area contributed by atoms with Gasteiger partial charge in [0.15, 0.2) is 16.9 Å². The van der Waals surface area contributed by atoms with Gasteiger partial charge in [-0.1, -0.05) is 77.4 Å². The molecular formula is C27H21ClN5NaO7S2. The summed E-state index contributed by atoms with van der Waals surface area (Å²) in [6.07, 6.45) is -0.706. The smallest absolute Gasteiger partial charge is 0.543 e. The number of thioether (sulfide) groups is 1. The Morgan fingerprint density at radius 3 is 2.33 bits per heavy atom. The van der Waals surface area contributed by atoms with Gasteiger partial charge in [0.25, 0.3) is 11.8 Å². The van der Waals surface area contributed by atoms with Crippen LogP contribution in [0.1, 0.15) is 22.9 Å². The maximum atomic E-state index is 13.2. The number of nitrogens with two attached hydrogens (primary N) is 1. The van der Waals surface area contributed by atoms with Gasteiger partial charge >= 0.3 is 35.5 Å². The number of carboxylic acid groups (broad SMARTS) is 1. The van der Waals surface area contributed by atoms with Gasteiger partial charge < -0.3 is 30.5 Å². The van der Waals surface area contributed by atoms with Gasteiger partial charge in [-0.3, -0.25) is 14.5 Å². The maximum Gasteiger partial charge on any atom is 1.00 e. The van der Waals surface area contributed by atoms with E-state index >= 15 is 0 Å². The van der Waals surface area contributed by atoms with Gasteiger partial charge in [0.1, 0.15) is 17.1 Å². The quantitative estimate of drug-likeness (QED) is 0.0854. The van der Waals surface area contributed by atoms with Crippen molar-refractivity contribution < 1.29 is 63.4 Å². The van der Waals surface area contributed by atoms with Gasteiger partial charge in [-0.2, -0.15) is 0 Å². The number of ether oxygens (including phenoxy) is 1. The number of carboxylic acids is 1. The number of hydrogen-bond donors (Lipinski definition) is 2. The number of halogens is 1. The normalized spacial score (nSPS) is 17.9. The molecule has 3 heterocycles. The standard InChI is InChI=1S/C27H22ClN5O7S2.Na/c28-16-12-41-25-20(24(36)33(25)21(16)26(37)38)31-23(35)19(17-13-42-27(29)30-17)32-39-11-18(34)40-22(14-7-3-1-4-8-14)15-9-5-2-6-10-15;/h1-10,13,20,22,25H,11-12H2,(H2,29,30)(H,31,35)(H,37,38);/q;+1/p-1/t20?,25-;/m1./s1. The van der Waals surface area contributed by atoms with E-state index < -0.39 is 53.6 Å². The molecule has 1 saturated heterocycles. The Kier molecular flexibility index (Phi) is 10.9. The topological polar surface area (TPSA) is 176 Å². The molecule has 1 aromatic heterocycles. The average Bonchev–Trinajstić information content (AvgIpc) is 3.42. The number of carbonyl (C=O) groups excluding carboxylic acids is 4. The van der Waals surface area contributed by atoms with E-state index in [0.29, 0.717) is 0 Å². The summed E-state index contributed by atoms with van der Waals surface area (Å²) in [6.45, 7) is -0.639. The second kappa shape index (κ2) is 14.4. The van der Waals surface area contributed by atoms with Crippen molar-refractivity contribution in [1.29, 1.82) is 0 Å². The predicted molar refractivity (Wildman–Crippen MR) is 153 cm³/mol. The van der Waals surface area contributed by atoms with E-state index in [1.54, 1.807) is 0 Å². The number of β-lactam (4-membered cyclic amide) rings is 1. The number of aliphatic carboxylic acids is 1. The molecule has 0 spiro atoms. The number of nitrogens with one attached hydrogen (secondary N) is 1. The molecule has 16 heteroatoms. The minimum Gasteiger partial charge on any atom is -0.543 e. The number of amides is 2. The van der Waals surface area contributed by atoms with E-state index in [9.17, 15) is 24.3 Å². The Bertz CT molecular complexity index is 1550. The third-order valence-electron chi connectivity index (χ3n) is 6.17. The second-order valence-corrected chi connectivity index (χ2v) is 11.3. The van der Waals surface area contributed by atoms with Crippen LogP contribution in [0.25, 0.3) is 0 Å². The van der Waals surface area contributed by atoms with Gasteiger partial charge in [-0.05, 0) is 11.1 Å². The van der Waals surface area contributed by atoms with Crippen molar-refractivity contribution in [3.8, 4) is 0 Å². The molecule has 0 bridgehead atoms. The van der Waals surface area contributed by atoms with Crippen molar-refractivity contribution in [2.24, 2.45) is 5.16 Å². The molecular weight excluding hydrogens is 629 g/mol. The molecule has 2 atom stereocenters. The Hall–Kier alpha value is -3.40. The van der Waals surface area contributed by atoms with Gasteiger partial charge in [0.2, 0.25) is 6.61 Å². The second-order valence-electron chi connectivity index (χ2n) is 8.88. The van der Waals surface area contributed by atoms with Crippen molar-refractivity contribution in [3.05, 3.63) is 93.6 Å². The zero-order valence-corrected chi connectivity index (χ0v) is 26.9. The van der Waals surface area contributed by atoms with Crippen LogP contribution in [0.5, 0.6) is 0 Å². The zero-order valence-electron chi connectivity index (χ0n) is 22.5. The van der Waals surface area contributed by atoms with E-state index in [2.05, 4.69) is 15.5 Å². The predicted octanol–water partition coefficient (Wildman–Crippen LogP) is -1.62. The van der Waals surface area contributed by atoms with Crippen LogP contribution in [0, 0.1) is 0 Å².